The molecule has 0 saturated carbocycles. The summed E-state index contributed by atoms with van der Waals surface area (Å²) in [7, 11) is 1.40. The first-order chi connectivity index (χ1) is 17.5. The highest BCUT2D eigenvalue weighted by molar-refractivity contribution is 8.00. The number of anilines is 2. The quantitative estimate of drug-likeness (QED) is 0.185. The molecule has 2 N–H and O–H groups in total. The second kappa shape index (κ2) is 11.5. The predicted molar refractivity (Wildman–Crippen MR) is 142 cm³/mol. The highest BCUT2D eigenvalue weighted by atomic mass is 32.2. The van der Waals surface area contributed by atoms with E-state index in [0.29, 0.717) is 18.8 Å². The van der Waals surface area contributed by atoms with Crippen LogP contribution in [0.5, 0.6) is 0 Å². The van der Waals surface area contributed by atoms with Crippen LogP contribution in [0, 0.1) is 17.7 Å². The molecule has 4 rings (SSSR count). The van der Waals surface area contributed by atoms with E-state index in [1.54, 1.807) is 18.2 Å². The Morgan fingerprint density at radius 3 is 2.68 bits per heavy atom. The average molecular weight is 556 g/mol. The van der Waals surface area contributed by atoms with Crippen molar-refractivity contribution in [3.63, 3.8) is 0 Å². The van der Waals surface area contributed by atoms with Crippen molar-refractivity contribution >= 4 is 42.0 Å². The molecule has 2 aromatic heterocycles. The molecule has 12 heteroatoms. The van der Waals surface area contributed by atoms with Gasteiger partial charge < -0.3 is 15.5 Å². The topological polar surface area (TPSA) is 44.6 Å². The first kappa shape index (κ1) is 27.5. The minimum Gasteiger partial charge on any atom is -0.372 e. The molecule has 1 aliphatic heterocycles. The molecular weight excluding hydrogens is 528 g/mol. The number of halogens is 5. The van der Waals surface area contributed by atoms with Gasteiger partial charge in [-0.15, -0.1) is 0 Å². The van der Waals surface area contributed by atoms with Crippen LogP contribution in [-0.2, 0) is 0 Å². The van der Waals surface area contributed by atoms with Gasteiger partial charge in [-0.3, -0.25) is 0 Å². The van der Waals surface area contributed by atoms with Gasteiger partial charge >= 0.3 is 5.51 Å². The van der Waals surface area contributed by atoms with Crippen LogP contribution in [0.25, 0.3) is 5.52 Å². The summed E-state index contributed by atoms with van der Waals surface area (Å²) >= 11 is -0.293. The number of fused-ring (bicyclic) bond motifs is 1. The number of aromatic nitrogens is 2. The summed E-state index contributed by atoms with van der Waals surface area (Å²) in [5.74, 6) is 5.42. The summed E-state index contributed by atoms with van der Waals surface area (Å²) in [6, 6.07) is 9.23. The van der Waals surface area contributed by atoms with Gasteiger partial charge in [0.15, 0.2) is 0 Å². The number of benzene rings is 1. The molecule has 0 spiro atoms. The Hall–Kier alpha value is -2.54. The minimum absolute atomic E-state index is 0.0114. The molecule has 1 aromatic carbocycles. The molecule has 0 bridgehead atoms. The largest absolute Gasteiger partial charge is 0.446 e. The normalized spacial score (nSPS) is 18.6. The molecule has 0 amide bonds. The van der Waals surface area contributed by atoms with Crippen molar-refractivity contribution < 1.29 is 22.0 Å². The van der Waals surface area contributed by atoms with Gasteiger partial charge in [0.1, 0.15) is 23.5 Å². The Morgan fingerprint density at radius 1 is 1.22 bits per heavy atom. The smallest absolute Gasteiger partial charge is 0.372 e. The summed E-state index contributed by atoms with van der Waals surface area (Å²) in [5.41, 5.74) is -4.13. The number of likely N-dealkylation sites (tertiary alicyclic amines) is 1. The Kier molecular flexibility index (Phi) is 8.52. The van der Waals surface area contributed by atoms with Crippen molar-refractivity contribution in [3.05, 3.63) is 47.9 Å². The zero-order valence-corrected chi connectivity index (χ0v) is 22.2. The molecule has 1 saturated heterocycles. The van der Waals surface area contributed by atoms with Crippen molar-refractivity contribution in [2.75, 3.05) is 50.6 Å². The van der Waals surface area contributed by atoms with E-state index in [2.05, 4.69) is 27.6 Å². The number of piperidine rings is 1. The molecule has 198 valence electrons. The van der Waals surface area contributed by atoms with E-state index in [-0.39, 0.29) is 46.6 Å². The highest BCUT2D eigenvalue weighted by Crippen LogP contribution is 2.41. The van der Waals surface area contributed by atoms with Gasteiger partial charge in [0.2, 0.25) is 0 Å². The van der Waals surface area contributed by atoms with Crippen LogP contribution in [0.4, 0.5) is 33.5 Å². The SMILES string of the molecule is CN1CCC(Nc2cccc3c(SC(F)(F)F)c(C#CCNc4ccc(P(C)C)cc4F)nn23)C(F)C1. The Bertz CT molecular complexity index is 1320. The molecule has 1 fully saturated rings. The van der Waals surface area contributed by atoms with Crippen LogP contribution in [0.15, 0.2) is 41.3 Å². The summed E-state index contributed by atoms with van der Waals surface area (Å²) in [4.78, 5) is 1.75. The van der Waals surface area contributed by atoms with Crippen LogP contribution in [0.1, 0.15) is 12.1 Å². The van der Waals surface area contributed by atoms with Crippen molar-refractivity contribution in [1.29, 1.82) is 0 Å². The molecule has 37 heavy (non-hydrogen) atoms. The standard InChI is InChI=1S/C25H27F5N5PS/c1-34-13-11-20(18(27)15-34)32-23-8-4-7-22-24(37-25(28,29)30)21(33-35(22)23)6-5-12-31-19-10-9-16(36(2)3)14-17(19)26/h4,7-10,14,18,20,31-32H,11-13,15H2,1-3H3. The first-order valence-electron chi connectivity index (χ1n) is 11.6. The lowest BCUT2D eigenvalue weighted by molar-refractivity contribution is -0.0327. The van der Waals surface area contributed by atoms with Gasteiger partial charge in [-0.2, -0.15) is 18.3 Å². The van der Waals surface area contributed by atoms with Gasteiger partial charge in [0.25, 0.3) is 0 Å². The third-order valence-electron chi connectivity index (χ3n) is 5.95. The number of alkyl halides is 4. The number of hydrogen-bond donors (Lipinski definition) is 2. The maximum absolute atomic E-state index is 14.6. The summed E-state index contributed by atoms with van der Waals surface area (Å²) in [5, 5.41) is 11.2. The molecule has 5 nitrogen and oxygen atoms in total. The minimum atomic E-state index is -4.55. The van der Waals surface area contributed by atoms with Gasteiger partial charge in [0, 0.05) is 13.1 Å². The number of nitrogens with one attached hydrogen (secondary N) is 2. The van der Waals surface area contributed by atoms with Crippen molar-refractivity contribution in [2.45, 2.75) is 29.0 Å². The van der Waals surface area contributed by atoms with Crippen LogP contribution in [-0.4, -0.2) is 72.2 Å². The maximum Gasteiger partial charge on any atom is 0.446 e. The van der Waals surface area contributed by atoms with Gasteiger partial charge in [-0.1, -0.05) is 26.0 Å². The molecule has 0 radical (unpaired) electrons. The van der Waals surface area contributed by atoms with Crippen molar-refractivity contribution in [2.24, 2.45) is 0 Å². The van der Waals surface area contributed by atoms with Crippen molar-refractivity contribution in [1.82, 2.24) is 14.5 Å². The fourth-order valence-corrected chi connectivity index (χ4v) is 5.48. The molecule has 2 unspecified atom stereocenters. The van der Waals surface area contributed by atoms with E-state index >= 15 is 0 Å². The van der Waals surface area contributed by atoms with Crippen LogP contribution >= 0.6 is 19.7 Å². The van der Waals surface area contributed by atoms with Gasteiger partial charge in [-0.05, 0) is 74.1 Å². The summed E-state index contributed by atoms with van der Waals surface area (Å²) < 4.78 is 70.4. The lowest BCUT2D eigenvalue weighted by Gasteiger charge is -2.33. The molecular formula is C25H27F5N5PS. The zero-order valence-electron chi connectivity index (χ0n) is 20.5. The molecule has 3 aromatic rings. The van der Waals surface area contributed by atoms with E-state index in [9.17, 15) is 22.0 Å². The Balaban J connectivity index is 1.59. The number of hydrogen-bond acceptors (Lipinski definition) is 5. The highest BCUT2D eigenvalue weighted by Gasteiger charge is 2.33. The molecule has 3 heterocycles. The molecule has 0 aliphatic carbocycles. The van der Waals surface area contributed by atoms with E-state index in [1.165, 1.54) is 16.6 Å². The van der Waals surface area contributed by atoms with E-state index in [1.807, 2.05) is 31.3 Å². The van der Waals surface area contributed by atoms with Gasteiger partial charge in [0.05, 0.1) is 28.7 Å². The third-order valence-corrected chi connectivity index (χ3v) is 8.10. The second-order valence-corrected chi connectivity index (χ2v) is 12.3. The summed E-state index contributed by atoms with van der Waals surface area (Å²) in [6.45, 7) is 5.04. The number of pyridine rings is 1. The number of rotatable bonds is 6. The lowest BCUT2D eigenvalue weighted by Crippen LogP contribution is -2.46. The Morgan fingerprint density at radius 2 is 2.00 bits per heavy atom. The monoisotopic (exact) mass is 555 g/mol. The van der Waals surface area contributed by atoms with Crippen LogP contribution in [0.3, 0.4) is 0 Å². The van der Waals surface area contributed by atoms with Crippen LogP contribution in [0.2, 0.25) is 0 Å². The molecule has 2 atom stereocenters. The first-order valence-corrected chi connectivity index (χ1v) is 14.6. The fourth-order valence-electron chi connectivity index (χ4n) is 4.06. The van der Waals surface area contributed by atoms with E-state index < -0.39 is 31.5 Å². The zero-order chi connectivity index (χ0) is 26.7. The summed E-state index contributed by atoms with van der Waals surface area (Å²) in [6.07, 6.45) is -0.580. The Labute approximate surface area is 217 Å². The average Bonchev–Trinajstić information content (AvgIpc) is 3.16. The van der Waals surface area contributed by atoms with E-state index in [4.69, 9.17) is 0 Å². The number of thioether (sulfide) groups is 1. The van der Waals surface area contributed by atoms with Crippen LogP contribution < -0.4 is 15.9 Å². The number of nitrogens with zero attached hydrogens (tertiary/aromatic N) is 3. The fraction of sp³-hybridized carbons (Fsp3) is 0.400. The lowest BCUT2D eigenvalue weighted by atomic mass is 10.0. The van der Waals surface area contributed by atoms with E-state index in [0.717, 1.165) is 5.30 Å². The van der Waals surface area contributed by atoms with Crippen molar-refractivity contribution in [3.8, 4) is 11.8 Å². The molecule has 1 aliphatic rings. The third kappa shape index (κ3) is 6.86. The maximum atomic E-state index is 14.6. The van der Waals surface area contributed by atoms with Gasteiger partial charge in [-0.25, -0.2) is 13.3 Å². The predicted octanol–water partition coefficient (Wildman–Crippen LogP) is 5.37. The second-order valence-electron chi connectivity index (χ2n) is 8.97.